The minimum absolute atomic E-state index is 0.0457. The number of aromatic nitrogens is 2. The van der Waals surface area contributed by atoms with Crippen LogP contribution in [0, 0.1) is 6.92 Å². The molecule has 0 saturated heterocycles. The highest BCUT2D eigenvalue weighted by Crippen LogP contribution is 2.27. The summed E-state index contributed by atoms with van der Waals surface area (Å²) < 4.78 is 5.41. The highest BCUT2D eigenvalue weighted by Gasteiger charge is 2.18. The summed E-state index contributed by atoms with van der Waals surface area (Å²) in [5.74, 6) is -0.389. The van der Waals surface area contributed by atoms with Crippen LogP contribution in [-0.4, -0.2) is 27.7 Å². The summed E-state index contributed by atoms with van der Waals surface area (Å²) in [6, 6.07) is 7.07. The van der Waals surface area contributed by atoms with Crippen molar-refractivity contribution in [3.8, 4) is 17.0 Å². The van der Waals surface area contributed by atoms with E-state index in [9.17, 15) is 9.90 Å². The summed E-state index contributed by atoms with van der Waals surface area (Å²) in [7, 11) is 0. The minimum Gasteiger partial charge on any atom is -0.494 e. The lowest BCUT2D eigenvalue weighted by atomic mass is 10.0. The first-order chi connectivity index (χ1) is 9.52. The standard InChI is InChI=1S/C14H15N3O3/c1-3-20-10-6-4-5-9(7-10)12-11(13(18)19)8(2)16-14(15)17-12/h4-7H,3H2,1-2H3,(H,18,19)(H2,15,16,17). The minimum atomic E-state index is -1.08. The highest BCUT2D eigenvalue weighted by atomic mass is 16.5. The molecule has 0 aliphatic heterocycles. The monoisotopic (exact) mass is 273 g/mol. The molecule has 0 unspecified atom stereocenters. The normalized spacial score (nSPS) is 10.3. The van der Waals surface area contributed by atoms with Gasteiger partial charge in [-0.05, 0) is 26.0 Å². The van der Waals surface area contributed by atoms with E-state index < -0.39 is 5.97 Å². The Kier molecular flexibility index (Phi) is 3.84. The second-order valence-corrected chi connectivity index (χ2v) is 4.16. The first-order valence-corrected chi connectivity index (χ1v) is 6.13. The third kappa shape index (κ3) is 2.69. The molecule has 0 radical (unpaired) electrons. The van der Waals surface area contributed by atoms with Gasteiger partial charge in [-0.2, -0.15) is 0 Å². The second-order valence-electron chi connectivity index (χ2n) is 4.16. The number of nitrogen functional groups attached to an aromatic ring is 1. The molecule has 0 amide bonds. The van der Waals surface area contributed by atoms with Gasteiger partial charge in [0.25, 0.3) is 0 Å². The zero-order valence-electron chi connectivity index (χ0n) is 11.3. The fraction of sp³-hybridized carbons (Fsp3) is 0.214. The fourth-order valence-electron chi connectivity index (χ4n) is 1.96. The maximum atomic E-state index is 11.4. The van der Waals surface area contributed by atoms with Crippen molar-refractivity contribution in [3.05, 3.63) is 35.5 Å². The van der Waals surface area contributed by atoms with E-state index in [0.717, 1.165) is 0 Å². The van der Waals surface area contributed by atoms with Gasteiger partial charge in [-0.25, -0.2) is 14.8 Å². The Morgan fingerprint density at radius 1 is 1.40 bits per heavy atom. The van der Waals surface area contributed by atoms with E-state index in [4.69, 9.17) is 10.5 Å². The molecule has 0 bridgehead atoms. The molecule has 104 valence electrons. The Morgan fingerprint density at radius 3 is 2.80 bits per heavy atom. The number of carbonyl (C=O) groups is 1. The van der Waals surface area contributed by atoms with Crippen molar-refractivity contribution in [2.45, 2.75) is 13.8 Å². The molecule has 0 atom stereocenters. The van der Waals surface area contributed by atoms with Crippen LogP contribution < -0.4 is 10.5 Å². The molecule has 0 fully saturated rings. The van der Waals surface area contributed by atoms with Gasteiger partial charge >= 0.3 is 5.97 Å². The van der Waals surface area contributed by atoms with Crippen LogP contribution in [0.1, 0.15) is 23.0 Å². The molecular formula is C14H15N3O3. The Hall–Kier alpha value is -2.63. The van der Waals surface area contributed by atoms with Gasteiger partial charge in [0.05, 0.1) is 18.0 Å². The molecule has 3 N–H and O–H groups in total. The van der Waals surface area contributed by atoms with Crippen molar-refractivity contribution >= 4 is 11.9 Å². The smallest absolute Gasteiger partial charge is 0.339 e. The van der Waals surface area contributed by atoms with Gasteiger partial charge in [0, 0.05) is 5.56 Å². The van der Waals surface area contributed by atoms with Crippen molar-refractivity contribution in [1.29, 1.82) is 0 Å². The Labute approximate surface area is 116 Å². The molecule has 2 rings (SSSR count). The van der Waals surface area contributed by atoms with E-state index in [2.05, 4.69) is 9.97 Å². The van der Waals surface area contributed by atoms with Gasteiger partial charge in [-0.15, -0.1) is 0 Å². The van der Waals surface area contributed by atoms with Crippen LogP contribution >= 0.6 is 0 Å². The lowest BCUT2D eigenvalue weighted by Gasteiger charge is -2.10. The molecule has 0 aliphatic carbocycles. The summed E-state index contributed by atoms with van der Waals surface area (Å²) in [5, 5.41) is 9.32. The first-order valence-electron chi connectivity index (χ1n) is 6.13. The average Bonchev–Trinajstić information content (AvgIpc) is 2.38. The number of carboxylic acids is 1. The molecule has 20 heavy (non-hydrogen) atoms. The van der Waals surface area contributed by atoms with Gasteiger partial charge in [0.2, 0.25) is 5.95 Å². The van der Waals surface area contributed by atoms with Gasteiger partial charge < -0.3 is 15.6 Å². The number of carboxylic acid groups (broad SMARTS) is 1. The van der Waals surface area contributed by atoms with Gasteiger partial charge in [0.15, 0.2) is 0 Å². The van der Waals surface area contributed by atoms with Crippen LogP contribution in [0.4, 0.5) is 5.95 Å². The lowest BCUT2D eigenvalue weighted by Crippen LogP contribution is -2.09. The van der Waals surface area contributed by atoms with Crippen LogP contribution in [0.15, 0.2) is 24.3 Å². The molecule has 0 saturated carbocycles. The van der Waals surface area contributed by atoms with Gasteiger partial charge in [0.1, 0.15) is 11.3 Å². The number of ether oxygens (including phenoxy) is 1. The van der Waals surface area contributed by atoms with Crippen molar-refractivity contribution in [3.63, 3.8) is 0 Å². The van der Waals surface area contributed by atoms with Crippen molar-refractivity contribution in [1.82, 2.24) is 9.97 Å². The van der Waals surface area contributed by atoms with E-state index in [1.807, 2.05) is 6.92 Å². The van der Waals surface area contributed by atoms with Crippen molar-refractivity contribution in [2.24, 2.45) is 0 Å². The maximum Gasteiger partial charge on any atom is 0.339 e. The molecule has 6 heteroatoms. The SMILES string of the molecule is CCOc1cccc(-c2nc(N)nc(C)c2C(=O)O)c1. The third-order valence-corrected chi connectivity index (χ3v) is 2.74. The van der Waals surface area contributed by atoms with E-state index >= 15 is 0 Å². The number of rotatable bonds is 4. The van der Waals surface area contributed by atoms with Crippen molar-refractivity contribution < 1.29 is 14.6 Å². The number of nitrogens with zero attached hydrogens (tertiary/aromatic N) is 2. The van der Waals surface area contributed by atoms with Gasteiger partial charge in [-0.1, -0.05) is 12.1 Å². The zero-order chi connectivity index (χ0) is 14.7. The Balaban J connectivity index is 2.62. The Bertz CT molecular complexity index is 656. The number of hydrogen-bond acceptors (Lipinski definition) is 5. The summed E-state index contributed by atoms with van der Waals surface area (Å²) in [4.78, 5) is 19.3. The van der Waals surface area contributed by atoms with E-state index in [1.165, 1.54) is 0 Å². The third-order valence-electron chi connectivity index (χ3n) is 2.74. The van der Waals surface area contributed by atoms with Crippen LogP contribution in [-0.2, 0) is 0 Å². The average molecular weight is 273 g/mol. The summed E-state index contributed by atoms with van der Waals surface area (Å²) in [5.41, 5.74) is 6.93. The number of aromatic carboxylic acids is 1. The number of hydrogen-bond donors (Lipinski definition) is 2. The topological polar surface area (TPSA) is 98.3 Å². The predicted octanol–water partition coefficient (Wildman–Crippen LogP) is 2.13. The predicted molar refractivity (Wildman–Crippen MR) is 74.7 cm³/mol. The quantitative estimate of drug-likeness (QED) is 0.885. The lowest BCUT2D eigenvalue weighted by molar-refractivity contribution is 0.0696. The summed E-state index contributed by atoms with van der Waals surface area (Å²) in [6.45, 7) is 4.00. The molecule has 1 aromatic heterocycles. The second kappa shape index (κ2) is 5.56. The fourth-order valence-corrected chi connectivity index (χ4v) is 1.96. The molecule has 2 aromatic rings. The summed E-state index contributed by atoms with van der Waals surface area (Å²) in [6.07, 6.45) is 0. The van der Waals surface area contributed by atoms with Crippen LogP contribution in [0.2, 0.25) is 0 Å². The number of nitrogens with two attached hydrogens (primary N) is 1. The highest BCUT2D eigenvalue weighted by molar-refractivity contribution is 5.96. The summed E-state index contributed by atoms with van der Waals surface area (Å²) >= 11 is 0. The van der Waals surface area contributed by atoms with Crippen LogP contribution in [0.5, 0.6) is 5.75 Å². The van der Waals surface area contributed by atoms with E-state index in [0.29, 0.717) is 29.3 Å². The number of anilines is 1. The van der Waals surface area contributed by atoms with Crippen LogP contribution in [0.3, 0.4) is 0 Å². The largest absolute Gasteiger partial charge is 0.494 e. The molecule has 1 heterocycles. The number of benzene rings is 1. The van der Waals surface area contributed by atoms with Crippen LogP contribution in [0.25, 0.3) is 11.3 Å². The van der Waals surface area contributed by atoms with Crippen molar-refractivity contribution in [2.75, 3.05) is 12.3 Å². The van der Waals surface area contributed by atoms with Gasteiger partial charge in [-0.3, -0.25) is 0 Å². The molecule has 6 nitrogen and oxygen atoms in total. The zero-order valence-corrected chi connectivity index (χ0v) is 11.3. The first kappa shape index (κ1) is 13.8. The molecular weight excluding hydrogens is 258 g/mol. The molecule has 1 aromatic carbocycles. The Morgan fingerprint density at radius 2 is 2.15 bits per heavy atom. The molecule has 0 spiro atoms. The van der Waals surface area contributed by atoms with E-state index in [-0.39, 0.29) is 11.5 Å². The molecule has 0 aliphatic rings. The maximum absolute atomic E-state index is 11.4. The number of aryl methyl sites for hydroxylation is 1. The van der Waals surface area contributed by atoms with E-state index in [1.54, 1.807) is 31.2 Å².